The van der Waals surface area contributed by atoms with E-state index in [4.69, 9.17) is 0 Å². The second kappa shape index (κ2) is 6.32. The van der Waals surface area contributed by atoms with E-state index in [1.54, 1.807) is 7.05 Å². The van der Waals surface area contributed by atoms with Crippen LogP contribution in [0.15, 0.2) is 48.5 Å². The third-order valence-corrected chi connectivity index (χ3v) is 4.18. The van der Waals surface area contributed by atoms with Crippen molar-refractivity contribution in [3.05, 3.63) is 65.5 Å². The Kier molecular flexibility index (Phi) is 4.21. The van der Waals surface area contributed by atoms with Crippen molar-refractivity contribution in [2.75, 3.05) is 7.05 Å². The Balaban J connectivity index is 2.24. The zero-order chi connectivity index (χ0) is 17.3. The summed E-state index contributed by atoms with van der Waals surface area (Å²) in [7, 11) is 3.50. The fraction of sp³-hybridized carbons (Fsp3) is 0.200. The van der Waals surface area contributed by atoms with E-state index >= 15 is 0 Å². The lowest BCUT2D eigenvalue weighted by atomic mass is 10.0. The molecule has 0 spiro atoms. The SMILES string of the molecule is CNC(=O)c1nc(-c2ccc(C)cc2)c(-c2ccc(C)cc2)n1C. The predicted molar refractivity (Wildman–Crippen MR) is 96.9 cm³/mol. The Morgan fingerprint density at radius 3 is 1.92 bits per heavy atom. The molecule has 1 N–H and O–H groups in total. The lowest BCUT2D eigenvalue weighted by Crippen LogP contribution is -2.21. The molecule has 0 atom stereocenters. The van der Waals surface area contributed by atoms with Crippen LogP contribution in [-0.2, 0) is 7.05 Å². The highest BCUT2D eigenvalue weighted by Gasteiger charge is 2.21. The molecule has 122 valence electrons. The molecule has 0 saturated carbocycles. The van der Waals surface area contributed by atoms with Crippen molar-refractivity contribution in [3.63, 3.8) is 0 Å². The first-order chi connectivity index (χ1) is 11.5. The number of aryl methyl sites for hydroxylation is 2. The Morgan fingerprint density at radius 1 is 0.917 bits per heavy atom. The monoisotopic (exact) mass is 319 g/mol. The minimum atomic E-state index is -0.191. The fourth-order valence-electron chi connectivity index (χ4n) is 2.77. The van der Waals surface area contributed by atoms with Crippen LogP contribution in [0.3, 0.4) is 0 Å². The molecule has 1 aromatic heterocycles. The Bertz CT molecular complexity index is 874. The van der Waals surface area contributed by atoms with Gasteiger partial charge in [-0.3, -0.25) is 4.79 Å². The van der Waals surface area contributed by atoms with Crippen molar-refractivity contribution in [1.82, 2.24) is 14.9 Å². The van der Waals surface area contributed by atoms with Gasteiger partial charge in [0.2, 0.25) is 0 Å². The van der Waals surface area contributed by atoms with Gasteiger partial charge in [0.05, 0.1) is 11.4 Å². The van der Waals surface area contributed by atoms with Crippen LogP contribution in [0.2, 0.25) is 0 Å². The van der Waals surface area contributed by atoms with E-state index in [1.807, 2.05) is 23.7 Å². The molecule has 0 bridgehead atoms. The molecule has 0 aliphatic heterocycles. The van der Waals surface area contributed by atoms with Crippen LogP contribution < -0.4 is 5.32 Å². The second-order valence-electron chi connectivity index (χ2n) is 6.00. The number of rotatable bonds is 3. The number of nitrogens with one attached hydrogen (secondary N) is 1. The number of hydrogen-bond acceptors (Lipinski definition) is 2. The Labute approximate surface area is 142 Å². The molecule has 24 heavy (non-hydrogen) atoms. The maximum Gasteiger partial charge on any atom is 0.287 e. The summed E-state index contributed by atoms with van der Waals surface area (Å²) in [5.41, 5.74) is 6.20. The molecule has 1 heterocycles. The summed E-state index contributed by atoms with van der Waals surface area (Å²) >= 11 is 0. The van der Waals surface area contributed by atoms with Crippen LogP contribution in [0.25, 0.3) is 22.5 Å². The van der Waals surface area contributed by atoms with Gasteiger partial charge in [-0.05, 0) is 13.8 Å². The number of benzene rings is 2. The van der Waals surface area contributed by atoms with Crippen molar-refractivity contribution >= 4 is 5.91 Å². The molecule has 0 radical (unpaired) electrons. The molecule has 3 rings (SSSR count). The van der Waals surface area contributed by atoms with Crippen LogP contribution >= 0.6 is 0 Å². The first-order valence-electron chi connectivity index (χ1n) is 7.94. The largest absolute Gasteiger partial charge is 0.352 e. The van der Waals surface area contributed by atoms with E-state index in [-0.39, 0.29) is 5.91 Å². The number of nitrogens with zero attached hydrogens (tertiary/aromatic N) is 2. The van der Waals surface area contributed by atoms with E-state index in [0.29, 0.717) is 5.82 Å². The average Bonchev–Trinajstić information content (AvgIpc) is 2.93. The molecule has 4 nitrogen and oxygen atoms in total. The van der Waals surface area contributed by atoms with Gasteiger partial charge in [-0.1, -0.05) is 59.7 Å². The molecule has 0 saturated heterocycles. The third kappa shape index (κ3) is 2.83. The molecule has 2 aromatic carbocycles. The number of amides is 1. The third-order valence-electron chi connectivity index (χ3n) is 4.18. The molecule has 0 aliphatic rings. The van der Waals surface area contributed by atoms with Crippen molar-refractivity contribution in [3.8, 4) is 22.5 Å². The van der Waals surface area contributed by atoms with Crippen LogP contribution in [0.1, 0.15) is 21.7 Å². The number of imidazole rings is 1. The molecule has 0 unspecified atom stereocenters. The van der Waals surface area contributed by atoms with Gasteiger partial charge in [0.15, 0.2) is 5.82 Å². The quantitative estimate of drug-likeness (QED) is 0.799. The molecule has 4 heteroatoms. The smallest absolute Gasteiger partial charge is 0.287 e. The van der Waals surface area contributed by atoms with Gasteiger partial charge < -0.3 is 9.88 Å². The summed E-state index contributed by atoms with van der Waals surface area (Å²) in [6.07, 6.45) is 0. The highest BCUT2D eigenvalue weighted by Crippen LogP contribution is 2.32. The van der Waals surface area contributed by atoms with Crippen molar-refractivity contribution in [2.24, 2.45) is 7.05 Å². The molecular formula is C20H21N3O. The molecule has 1 amide bonds. The average molecular weight is 319 g/mol. The molecule has 3 aromatic rings. The first-order valence-corrected chi connectivity index (χ1v) is 7.94. The first kappa shape index (κ1) is 16.0. The van der Waals surface area contributed by atoms with E-state index in [0.717, 1.165) is 22.5 Å². The summed E-state index contributed by atoms with van der Waals surface area (Å²) in [6.45, 7) is 4.11. The highest BCUT2D eigenvalue weighted by atomic mass is 16.2. The Hall–Kier alpha value is -2.88. The van der Waals surface area contributed by atoms with Crippen molar-refractivity contribution in [2.45, 2.75) is 13.8 Å². The number of aromatic nitrogens is 2. The van der Waals surface area contributed by atoms with Gasteiger partial charge >= 0.3 is 0 Å². The minimum absolute atomic E-state index is 0.191. The normalized spacial score (nSPS) is 10.7. The minimum Gasteiger partial charge on any atom is -0.352 e. The van der Waals surface area contributed by atoms with E-state index in [2.05, 4.69) is 60.5 Å². The van der Waals surface area contributed by atoms with E-state index < -0.39 is 0 Å². The van der Waals surface area contributed by atoms with Crippen LogP contribution in [0.5, 0.6) is 0 Å². The summed E-state index contributed by atoms with van der Waals surface area (Å²) in [6, 6.07) is 16.5. The maximum atomic E-state index is 12.2. The van der Waals surface area contributed by atoms with Gasteiger partial charge in [-0.25, -0.2) is 4.98 Å². The van der Waals surface area contributed by atoms with Gasteiger partial charge in [0, 0.05) is 25.2 Å². The number of hydrogen-bond donors (Lipinski definition) is 1. The highest BCUT2D eigenvalue weighted by molar-refractivity contribution is 5.94. The van der Waals surface area contributed by atoms with E-state index in [1.165, 1.54) is 11.1 Å². The summed E-state index contributed by atoms with van der Waals surface area (Å²) in [5, 5.41) is 2.66. The lowest BCUT2D eigenvalue weighted by Gasteiger charge is -2.08. The summed E-state index contributed by atoms with van der Waals surface area (Å²) in [4.78, 5) is 16.8. The topological polar surface area (TPSA) is 46.9 Å². The zero-order valence-corrected chi connectivity index (χ0v) is 14.4. The van der Waals surface area contributed by atoms with E-state index in [9.17, 15) is 4.79 Å². The predicted octanol–water partition coefficient (Wildman–Crippen LogP) is 3.73. The molecule has 0 aliphatic carbocycles. The van der Waals surface area contributed by atoms with Crippen molar-refractivity contribution in [1.29, 1.82) is 0 Å². The summed E-state index contributed by atoms with van der Waals surface area (Å²) < 4.78 is 1.86. The zero-order valence-electron chi connectivity index (χ0n) is 14.4. The maximum absolute atomic E-state index is 12.2. The van der Waals surface area contributed by atoms with Crippen LogP contribution in [0, 0.1) is 13.8 Å². The second-order valence-corrected chi connectivity index (χ2v) is 6.00. The molecule has 0 fully saturated rings. The van der Waals surface area contributed by atoms with Crippen molar-refractivity contribution < 1.29 is 4.79 Å². The van der Waals surface area contributed by atoms with Gasteiger partial charge in [-0.2, -0.15) is 0 Å². The van der Waals surface area contributed by atoms with Crippen LogP contribution in [-0.4, -0.2) is 22.5 Å². The van der Waals surface area contributed by atoms with Gasteiger partial charge in [-0.15, -0.1) is 0 Å². The standard InChI is InChI=1S/C20H21N3O/c1-13-5-9-15(10-6-13)17-18(16-11-7-14(2)8-12-16)23(4)19(22-17)20(24)21-3/h5-12H,1-4H3,(H,21,24). The van der Waals surface area contributed by atoms with Gasteiger partial charge in [0.25, 0.3) is 5.91 Å². The lowest BCUT2D eigenvalue weighted by molar-refractivity contribution is 0.0950. The number of carbonyl (C=O) groups excluding carboxylic acids is 1. The summed E-state index contributed by atoms with van der Waals surface area (Å²) in [5.74, 6) is 0.216. The van der Waals surface area contributed by atoms with Crippen LogP contribution in [0.4, 0.5) is 0 Å². The molecular weight excluding hydrogens is 298 g/mol. The Morgan fingerprint density at radius 2 is 1.42 bits per heavy atom. The van der Waals surface area contributed by atoms with Gasteiger partial charge in [0.1, 0.15) is 0 Å². The fourth-order valence-corrected chi connectivity index (χ4v) is 2.77. The number of carbonyl (C=O) groups is 1.